The van der Waals surface area contributed by atoms with Gasteiger partial charge in [-0.15, -0.1) is 0 Å². The van der Waals surface area contributed by atoms with Crippen LogP contribution in [0.4, 0.5) is 0 Å². The summed E-state index contributed by atoms with van der Waals surface area (Å²) in [5.74, 6) is 0. The molecule has 0 atom stereocenters. The normalized spacial score (nSPS) is 12.0. The maximum absolute atomic E-state index is 7.02. The van der Waals surface area contributed by atoms with Gasteiger partial charge in [-0.25, -0.2) is 0 Å². The first-order valence-corrected chi connectivity index (χ1v) is 22.1. The SMILES string of the molecule is CCCCCCC[CH2][Sn]([CH2]CCCCCCC)([CH2]CCCCCCC)[O]CCCCC. The van der Waals surface area contributed by atoms with Crippen molar-refractivity contribution in [1.82, 2.24) is 0 Å². The second-order valence-corrected chi connectivity index (χ2v) is 22.1. The van der Waals surface area contributed by atoms with E-state index < -0.39 is 18.8 Å². The molecule has 0 aliphatic carbocycles. The third-order valence-corrected chi connectivity index (χ3v) is 20.3. The molecule has 0 amide bonds. The fourth-order valence-electron chi connectivity index (χ4n) is 4.91. The first kappa shape index (κ1) is 31.8. The summed E-state index contributed by atoms with van der Waals surface area (Å²) in [5.41, 5.74) is 0. The minimum atomic E-state index is -2.44. The Morgan fingerprint density at radius 1 is 0.355 bits per heavy atom. The second-order valence-electron chi connectivity index (χ2n) is 10.3. The van der Waals surface area contributed by atoms with Gasteiger partial charge in [-0.1, -0.05) is 0 Å². The summed E-state index contributed by atoms with van der Waals surface area (Å²) < 4.78 is 11.6. The zero-order chi connectivity index (χ0) is 22.9. The van der Waals surface area contributed by atoms with Gasteiger partial charge in [0.2, 0.25) is 0 Å². The van der Waals surface area contributed by atoms with E-state index in [9.17, 15) is 0 Å². The molecule has 1 nitrogen and oxygen atoms in total. The topological polar surface area (TPSA) is 9.23 Å². The quantitative estimate of drug-likeness (QED) is 0.0776. The summed E-state index contributed by atoms with van der Waals surface area (Å²) in [5, 5.41) is 0. The zero-order valence-electron chi connectivity index (χ0n) is 22.6. The van der Waals surface area contributed by atoms with E-state index in [4.69, 9.17) is 3.07 Å². The molecule has 188 valence electrons. The molecule has 0 aromatic carbocycles. The van der Waals surface area contributed by atoms with Gasteiger partial charge in [0.05, 0.1) is 0 Å². The van der Waals surface area contributed by atoms with Gasteiger partial charge in [0, 0.05) is 0 Å². The van der Waals surface area contributed by atoms with Crippen molar-refractivity contribution in [2.45, 2.75) is 176 Å². The summed E-state index contributed by atoms with van der Waals surface area (Å²) in [6.07, 6.45) is 29.9. The Hall–Kier alpha value is 0.759. The maximum atomic E-state index is 7.02. The van der Waals surface area contributed by atoms with Crippen molar-refractivity contribution in [2.24, 2.45) is 0 Å². The van der Waals surface area contributed by atoms with Gasteiger partial charge in [-0.2, -0.15) is 0 Å². The van der Waals surface area contributed by atoms with E-state index in [1.807, 2.05) is 0 Å². The van der Waals surface area contributed by atoms with Crippen LogP contribution < -0.4 is 0 Å². The Morgan fingerprint density at radius 3 is 1.00 bits per heavy atom. The average Bonchev–Trinajstić information content (AvgIpc) is 2.78. The number of rotatable bonds is 26. The van der Waals surface area contributed by atoms with Gasteiger partial charge in [-0.05, 0) is 0 Å². The van der Waals surface area contributed by atoms with E-state index >= 15 is 0 Å². The first-order chi connectivity index (χ1) is 15.2. The van der Waals surface area contributed by atoms with Crippen LogP contribution in [0.1, 0.15) is 163 Å². The monoisotopic (exact) mass is 546 g/mol. The molecular formula is C29H62OSn. The Kier molecular flexibility index (Phi) is 26.0. The Labute approximate surface area is 203 Å². The number of hydrogen-bond acceptors (Lipinski definition) is 1. The molecule has 0 aliphatic heterocycles. The van der Waals surface area contributed by atoms with Crippen LogP contribution in [0, 0.1) is 0 Å². The van der Waals surface area contributed by atoms with Crippen LogP contribution >= 0.6 is 0 Å². The molecule has 0 spiro atoms. The van der Waals surface area contributed by atoms with E-state index in [1.54, 1.807) is 0 Å². The van der Waals surface area contributed by atoms with E-state index in [2.05, 4.69) is 27.7 Å². The van der Waals surface area contributed by atoms with Crippen molar-refractivity contribution in [3.05, 3.63) is 0 Å². The van der Waals surface area contributed by atoms with Crippen LogP contribution in [0.25, 0.3) is 0 Å². The molecule has 0 aromatic heterocycles. The molecule has 0 heterocycles. The summed E-state index contributed by atoms with van der Waals surface area (Å²) in [6.45, 7) is 10.4. The molecule has 0 unspecified atom stereocenters. The van der Waals surface area contributed by atoms with E-state index in [-0.39, 0.29) is 0 Å². The number of unbranched alkanes of at least 4 members (excludes halogenated alkanes) is 17. The molecule has 0 saturated heterocycles. The molecule has 0 fully saturated rings. The standard InChI is InChI=1S/3C8H17.C5H11O.Sn/c3*1-3-5-7-8-6-4-2;1-2-3-4-5-6;/h3*1,3-8H2,2H3;2-5H2,1H3;/q;;;-1;+1. The van der Waals surface area contributed by atoms with Gasteiger partial charge in [0.1, 0.15) is 0 Å². The van der Waals surface area contributed by atoms with Crippen LogP contribution in [0.2, 0.25) is 13.3 Å². The van der Waals surface area contributed by atoms with E-state index in [0.717, 1.165) is 6.61 Å². The summed E-state index contributed by atoms with van der Waals surface area (Å²) in [7, 11) is 0. The van der Waals surface area contributed by atoms with E-state index in [1.165, 1.54) is 148 Å². The zero-order valence-corrected chi connectivity index (χ0v) is 25.4. The predicted octanol–water partition coefficient (Wildman–Crippen LogP) is 11.2. The number of hydrogen-bond donors (Lipinski definition) is 0. The van der Waals surface area contributed by atoms with Gasteiger partial charge in [-0.3, -0.25) is 0 Å². The van der Waals surface area contributed by atoms with Crippen LogP contribution in [-0.4, -0.2) is 25.4 Å². The molecule has 2 heteroatoms. The average molecular weight is 546 g/mol. The van der Waals surface area contributed by atoms with Crippen LogP contribution in [0.5, 0.6) is 0 Å². The Balaban J connectivity index is 4.68. The first-order valence-electron chi connectivity index (χ1n) is 14.9. The molecular weight excluding hydrogens is 483 g/mol. The fourth-order valence-corrected chi connectivity index (χ4v) is 17.6. The van der Waals surface area contributed by atoms with Crippen molar-refractivity contribution < 1.29 is 3.07 Å². The van der Waals surface area contributed by atoms with Crippen LogP contribution in [0.15, 0.2) is 0 Å². The second kappa shape index (κ2) is 25.4. The summed E-state index contributed by atoms with van der Waals surface area (Å²) >= 11 is -2.44. The summed E-state index contributed by atoms with van der Waals surface area (Å²) in [6, 6.07) is 0. The Morgan fingerprint density at radius 2 is 0.645 bits per heavy atom. The van der Waals surface area contributed by atoms with Crippen LogP contribution in [0.3, 0.4) is 0 Å². The van der Waals surface area contributed by atoms with Gasteiger partial charge in [0.15, 0.2) is 0 Å². The molecule has 0 saturated carbocycles. The van der Waals surface area contributed by atoms with Gasteiger partial charge < -0.3 is 0 Å². The third-order valence-electron chi connectivity index (χ3n) is 7.11. The van der Waals surface area contributed by atoms with E-state index in [0.29, 0.717) is 0 Å². The van der Waals surface area contributed by atoms with Crippen LogP contribution in [-0.2, 0) is 3.07 Å². The Bertz CT molecular complexity index is 290. The predicted molar refractivity (Wildman–Crippen MR) is 146 cm³/mol. The van der Waals surface area contributed by atoms with Crippen molar-refractivity contribution in [1.29, 1.82) is 0 Å². The molecule has 0 aromatic rings. The molecule has 0 bridgehead atoms. The molecule has 0 radical (unpaired) electrons. The molecule has 0 N–H and O–H groups in total. The van der Waals surface area contributed by atoms with Gasteiger partial charge >= 0.3 is 204 Å². The fraction of sp³-hybridized carbons (Fsp3) is 1.00. The van der Waals surface area contributed by atoms with Crippen molar-refractivity contribution in [3.63, 3.8) is 0 Å². The van der Waals surface area contributed by atoms with Crippen molar-refractivity contribution >= 4 is 18.8 Å². The minimum absolute atomic E-state index is 1.09. The van der Waals surface area contributed by atoms with Crippen molar-refractivity contribution in [2.75, 3.05) is 6.61 Å². The molecule has 31 heavy (non-hydrogen) atoms. The molecule has 0 aliphatic rings. The third kappa shape index (κ3) is 21.1. The van der Waals surface area contributed by atoms with Crippen molar-refractivity contribution in [3.8, 4) is 0 Å². The van der Waals surface area contributed by atoms with Gasteiger partial charge in [0.25, 0.3) is 0 Å². The summed E-state index contributed by atoms with van der Waals surface area (Å²) in [4.78, 5) is 0. The molecule has 0 rings (SSSR count).